The molecule has 0 amide bonds. The minimum absolute atomic E-state index is 0.0272. The van der Waals surface area contributed by atoms with E-state index in [4.69, 9.17) is 4.74 Å². The molecule has 2 saturated carbocycles. The van der Waals surface area contributed by atoms with Crippen LogP contribution in [0, 0.1) is 19.8 Å². The summed E-state index contributed by atoms with van der Waals surface area (Å²) in [7, 11) is 0. The second kappa shape index (κ2) is 10.4. The Kier molecular flexibility index (Phi) is 7.24. The van der Waals surface area contributed by atoms with Crippen LogP contribution in [0.2, 0.25) is 0 Å². The second-order valence-electron chi connectivity index (χ2n) is 12.7. The molecule has 3 heterocycles. The quantitative estimate of drug-likeness (QED) is 0.289. The first kappa shape index (κ1) is 27.1. The number of nitrogens with one attached hydrogen (secondary N) is 3. The van der Waals surface area contributed by atoms with Crippen LogP contribution >= 0.6 is 11.8 Å². The molecule has 1 aromatic carbocycles. The Morgan fingerprint density at radius 3 is 2.51 bits per heavy atom. The van der Waals surface area contributed by atoms with Crippen LogP contribution in [0.15, 0.2) is 40.0 Å². The summed E-state index contributed by atoms with van der Waals surface area (Å²) in [5.74, 6) is 0.675. The van der Waals surface area contributed by atoms with Crippen LogP contribution in [0.3, 0.4) is 0 Å². The number of fused-ring (bicyclic) bond motifs is 1. The van der Waals surface area contributed by atoms with Crippen molar-refractivity contribution in [1.82, 2.24) is 20.2 Å². The first-order valence-corrected chi connectivity index (χ1v) is 15.9. The van der Waals surface area contributed by atoms with E-state index in [0.717, 1.165) is 42.2 Å². The molecule has 0 unspecified atom stereocenters. The largest absolute Gasteiger partial charge is 0.377 e. The number of rotatable bonds is 9. The summed E-state index contributed by atoms with van der Waals surface area (Å²) in [5.41, 5.74) is 6.08. The number of aryl methyl sites for hydroxylation is 1. The highest BCUT2D eigenvalue weighted by Gasteiger charge is 2.47. The number of aromatic nitrogens is 2. The van der Waals surface area contributed by atoms with E-state index in [2.05, 4.69) is 77.5 Å². The molecule has 0 spiro atoms. The summed E-state index contributed by atoms with van der Waals surface area (Å²) >= 11 is 1.65. The SMILES string of the molecule is CSc1cc(C)[nH]c(=O)c1CNC1(c2c(C)n([C@H](C)C3CCC(NC4(C)COC4)CC3)c3ccccc23)CC1. The fourth-order valence-corrected chi connectivity index (χ4v) is 8.10. The van der Waals surface area contributed by atoms with Gasteiger partial charge in [-0.3, -0.25) is 4.79 Å². The molecular formula is C32H44N4O2S. The topological polar surface area (TPSA) is 71.1 Å². The van der Waals surface area contributed by atoms with Crippen molar-refractivity contribution < 1.29 is 4.74 Å². The smallest absolute Gasteiger partial charge is 0.253 e. The van der Waals surface area contributed by atoms with E-state index in [-0.39, 0.29) is 16.6 Å². The van der Waals surface area contributed by atoms with E-state index < -0.39 is 0 Å². The number of pyridine rings is 1. The predicted octanol–water partition coefficient (Wildman–Crippen LogP) is 5.95. The van der Waals surface area contributed by atoms with E-state index in [1.54, 1.807) is 11.8 Å². The Balaban J connectivity index is 1.25. The van der Waals surface area contributed by atoms with Gasteiger partial charge in [-0.05, 0) is 90.5 Å². The molecule has 2 aromatic heterocycles. The van der Waals surface area contributed by atoms with Crippen LogP contribution in [0.1, 0.15) is 80.9 Å². The summed E-state index contributed by atoms with van der Waals surface area (Å²) in [6.45, 7) is 11.3. The summed E-state index contributed by atoms with van der Waals surface area (Å²) in [6.07, 6.45) is 9.26. The first-order valence-electron chi connectivity index (χ1n) is 14.7. The second-order valence-corrected chi connectivity index (χ2v) is 13.5. The number of hydrogen-bond donors (Lipinski definition) is 3. The van der Waals surface area contributed by atoms with Crippen molar-refractivity contribution in [3.63, 3.8) is 0 Å². The molecule has 6 rings (SSSR count). The highest BCUT2D eigenvalue weighted by atomic mass is 32.2. The number of hydrogen-bond acceptors (Lipinski definition) is 5. The van der Waals surface area contributed by atoms with Crippen molar-refractivity contribution in [2.45, 2.75) is 101 Å². The van der Waals surface area contributed by atoms with Crippen molar-refractivity contribution in [1.29, 1.82) is 0 Å². The third-order valence-electron chi connectivity index (χ3n) is 9.69. The molecule has 2 aliphatic carbocycles. The molecule has 210 valence electrons. The van der Waals surface area contributed by atoms with Crippen molar-refractivity contribution in [3.05, 3.63) is 63.2 Å². The predicted molar refractivity (Wildman–Crippen MR) is 161 cm³/mol. The van der Waals surface area contributed by atoms with E-state index in [1.807, 2.05) is 6.92 Å². The lowest BCUT2D eigenvalue weighted by molar-refractivity contribution is -0.0719. The molecule has 0 radical (unpaired) electrons. The Labute approximate surface area is 236 Å². The fraction of sp³-hybridized carbons (Fsp3) is 0.594. The Hall–Kier alpha value is -2.06. The van der Waals surface area contributed by atoms with Gasteiger partial charge in [-0.1, -0.05) is 18.2 Å². The van der Waals surface area contributed by atoms with Gasteiger partial charge < -0.3 is 24.9 Å². The van der Waals surface area contributed by atoms with Crippen LogP contribution in [0.25, 0.3) is 10.9 Å². The molecule has 6 nitrogen and oxygen atoms in total. The maximum atomic E-state index is 12.8. The van der Waals surface area contributed by atoms with Crippen molar-refractivity contribution >= 4 is 22.7 Å². The highest BCUT2D eigenvalue weighted by Crippen LogP contribution is 2.51. The zero-order chi connectivity index (χ0) is 27.4. The van der Waals surface area contributed by atoms with E-state index >= 15 is 0 Å². The fourth-order valence-electron chi connectivity index (χ4n) is 7.39. The minimum Gasteiger partial charge on any atom is -0.377 e. The monoisotopic (exact) mass is 548 g/mol. The maximum absolute atomic E-state index is 12.8. The van der Waals surface area contributed by atoms with Gasteiger partial charge in [0.2, 0.25) is 0 Å². The van der Waals surface area contributed by atoms with Crippen LogP contribution in [0.5, 0.6) is 0 Å². The molecular weight excluding hydrogens is 504 g/mol. The van der Waals surface area contributed by atoms with Gasteiger partial charge in [-0.25, -0.2) is 0 Å². The number of ether oxygens (including phenoxy) is 1. The van der Waals surface area contributed by atoms with Gasteiger partial charge in [0, 0.05) is 62.5 Å². The molecule has 3 fully saturated rings. The van der Waals surface area contributed by atoms with Crippen LogP contribution in [0.4, 0.5) is 0 Å². The van der Waals surface area contributed by atoms with E-state index in [9.17, 15) is 4.79 Å². The molecule has 3 N–H and O–H groups in total. The van der Waals surface area contributed by atoms with Crippen LogP contribution in [-0.4, -0.2) is 40.6 Å². The lowest BCUT2D eigenvalue weighted by Crippen LogP contribution is -2.61. The number of nitrogens with zero attached hydrogens (tertiary/aromatic N) is 1. The van der Waals surface area contributed by atoms with Gasteiger partial charge in [0.25, 0.3) is 5.56 Å². The third-order valence-corrected chi connectivity index (χ3v) is 10.5. The molecule has 3 aliphatic rings. The highest BCUT2D eigenvalue weighted by molar-refractivity contribution is 7.98. The Morgan fingerprint density at radius 1 is 1.15 bits per heavy atom. The van der Waals surface area contributed by atoms with E-state index in [0.29, 0.717) is 24.5 Å². The van der Waals surface area contributed by atoms with Crippen LogP contribution < -0.4 is 16.2 Å². The van der Waals surface area contributed by atoms with Gasteiger partial charge in [-0.2, -0.15) is 0 Å². The molecule has 7 heteroatoms. The Morgan fingerprint density at radius 2 is 1.87 bits per heavy atom. The van der Waals surface area contributed by atoms with Gasteiger partial charge in [-0.15, -0.1) is 11.8 Å². The Bertz CT molecular complexity index is 1410. The number of thioether (sulfide) groups is 1. The molecule has 0 bridgehead atoms. The van der Waals surface area contributed by atoms with Crippen LogP contribution in [-0.2, 0) is 16.8 Å². The molecule has 1 aliphatic heterocycles. The summed E-state index contributed by atoms with van der Waals surface area (Å²) in [5, 5.41) is 9.12. The van der Waals surface area contributed by atoms with Crippen molar-refractivity contribution in [2.24, 2.45) is 5.92 Å². The normalized spacial score (nSPS) is 24.4. The maximum Gasteiger partial charge on any atom is 0.253 e. The number of para-hydroxylation sites is 1. The van der Waals surface area contributed by atoms with Gasteiger partial charge in [0.1, 0.15) is 0 Å². The van der Waals surface area contributed by atoms with Crippen molar-refractivity contribution in [2.75, 3.05) is 19.5 Å². The number of H-pyrrole nitrogens is 1. The van der Waals surface area contributed by atoms with E-state index in [1.165, 1.54) is 47.8 Å². The molecule has 3 aromatic rings. The van der Waals surface area contributed by atoms with Gasteiger partial charge >= 0.3 is 0 Å². The van der Waals surface area contributed by atoms with Gasteiger partial charge in [0.05, 0.1) is 18.8 Å². The zero-order valence-electron chi connectivity index (χ0n) is 24.2. The van der Waals surface area contributed by atoms with Gasteiger partial charge in [0.15, 0.2) is 0 Å². The lowest BCUT2D eigenvalue weighted by atomic mass is 9.81. The standard InChI is InChI=1S/C32H44N4O2S/c1-20-16-28(39-5)26(30(37)34-20)17-33-32(14-15-32)29-22(3)36(27-9-7-6-8-25(27)29)21(2)23-10-12-24(13-11-23)35-31(4)18-38-19-31/h6-9,16,21,23-24,33,35H,10-15,17-19H2,1-5H3,(H,34,37)/t21-,23?,24?/m1/s1. The average Bonchev–Trinajstić information content (AvgIpc) is 3.62. The summed E-state index contributed by atoms with van der Waals surface area (Å²) in [4.78, 5) is 16.9. The zero-order valence-corrected chi connectivity index (χ0v) is 25.0. The molecule has 39 heavy (non-hydrogen) atoms. The summed E-state index contributed by atoms with van der Waals surface area (Å²) < 4.78 is 8.10. The molecule has 1 atom stereocenters. The average molecular weight is 549 g/mol. The summed E-state index contributed by atoms with van der Waals surface area (Å²) in [6, 6.07) is 12.1. The number of aromatic amines is 1. The third kappa shape index (κ3) is 5.01. The molecule has 1 saturated heterocycles. The number of benzene rings is 1. The minimum atomic E-state index is -0.0659. The van der Waals surface area contributed by atoms with Crippen molar-refractivity contribution in [3.8, 4) is 0 Å². The first-order chi connectivity index (χ1) is 18.7. The lowest BCUT2D eigenvalue weighted by Gasteiger charge is -2.44.